The van der Waals surface area contributed by atoms with Gasteiger partial charge in [0.25, 0.3) is 5.91 Å². The van der Waals surface area contributed by atoms with Crippen molar-refractivity contribution < 1.29 is 27.1 Å². The maximum Gasteiger partial charge on any atom is 0.252 e. The van der Waals surface area contributed by atoms with E-state index in [0.717, 1.165) is 5.56 Å². The maximum absolute atomic E-state index is 13.0. The Morgan fingerprint density at radius 2 is 1.88 bits per heavy atom. The maximum atomic E-state index is 13.0. The number of rotatable bonds is 9. The summed E-state index contributed by atoms with van der Waals surface area (Å²) < 4.78 is 43.7. The molecule has 0 aliphatic heterocycles. The predicted molar refractivity (Wildman–Crippen MR) is 119 cm³/mol. The Bertz CT molecular complexity index is 1190. The van der Waals surface area contributed by atoms with Gasteiger partial charge in [-0.2, -0.15) is 0 Å². The minimum absolute atomic E-state index is 0.00794. The van der Waals surface area contributed by atoms with E-state index >= 15 is 0 Å². The average Bonchev–Trinajstić information content (AvgIpc) is 3.31. The van der Waals surface area contributed by atoms with Gasteiger partial charge in [-0.15, -0.1) is 0 Å². The summed E-state index contributed by atoms with van der Waals surface area (Å²) in [5, 5.41) is 2.91. The largest absolute Gasteiger partial charge is 0.497 e. The van der Waals surface area contributed by atoms with E-state index in [1.54, 1.807) is 57.5 Å². The zero-order chi connectivity index (χ0) is 23.3. The smallest absolute Gasteiger partial charge is 0.252 e. The van der Waals surface area contributed by atoms with Crippen molar-refractivity contribution >= 4 is 15.9 Å². The molecule has 9 heteroatoms. The van der Waals surface area contributed by atoms with Crippen LogP contribution >= 0.6 is 0 Å². The highest BCUT2D eigenvalue weighted by atomic mass is 32.2. The molecule has 1 amide bonds. The lowest BCUT2D eigenvalue weighted by Gasteiger charge is -2.19. The number of carbonyl (C=O) groups excluding carboxylic acids is 1. The molecule has 0 saturated heterocycles. The Morgan fingerprint density at radius 3 is 2.53 bits per heavy atom. The van der Waals surface area contributed by atoms with Crippen molar-refractivity contribution in [3.63, 3.8) is 0 Å². The van der Waals surface area contributed by atoms with E-state index in [-0.39, 0.29) is 17.0 Å². The van der Waals surface area contributed by atoms with Crippen LogP contribution in [0.2, 0.25) is 0 Å². The highest BCUT2D eigenvalue weighted by molar-refractivity contribution is 7.89. The van der Waals surface area contributed by atoms with E-state index in [1.165, 1.54) is 18.4 Å². The Morgan fingerprint density at radius 1 is 1.09 bits per heavy atom. The van der Waals surface area contributed by atoms with Gasteiger partial charge in [0.2, 0.25) is 10.0 Å². The van der Waals surface area contributed by atoms with Crippen LogP contribution in [-0.4, -0.2) is 28.5 Å². The molecule has 3 aromatic rings. The first-order chi connectivity index (χ1) is 15.2. The second-order valence-electron chi connectivity index (χ2n) is 7.18. The summed E-state index contributed by atoms with van der Waals surface area (Å²) in [6, 6.07) is 12.7. The zero-order valence-electron chi connectivity index (χ0n) is 18.3. The fourth-order valence-corrected chi connectivity index (χ4v) is 4.22. The molecule has 2 aromatic carbocycles. The second kappa shape index (κ2) is 9.88. The van der Waals surface area contributed by atoms with Crippen LogP contribution in [-0.2, 0) is 16.6 Å². The summed E-state index contributed by atoms with van der Waals surface area (Å²) in [5.41, 5.74) is 1.65. The molecule has 1 aromatic heterocycles. The summed E-state index contributed by atoms with van der Waals surface area (Å²) in [4.78, 5) is 13.0. The molecule has 0 aliphatic carbocycles. The number of nitrogens with one attached hydrogen (secondary N) is 2. The van der Waals surface area contributed by atoms with E-state index in [4.69, 9.17) is 13.9 Å². The Hall–Kier alpha value is -3.30. The first-order valence-corrected chi connectivity index (χ1v) is 11.4. The highest BCUT2D eigenvalue weighted by Gasteiger charge is 2.21. The van der Waals surface area contributed by atoms with Gasteiger partial charge >= 0.3 is 0 Å². The molecule has 0 spiro atoms. The number of furan rings is 1. The van der Waals surface area contributed by atoms with Crippen molar-refractivity contribution in [2.24, 2.45) is 0 Å². The third-order valence-electron chi connectivity index (χ3n) is 5.03. The van der Waals surface area contributed by atoms with Crippen LogP contribution in [0, 0.1) is 6.92 Å². The van der Waals surface area contributed by atoms with E-state index in [9.17, 15) is 13.2 Å². The first kappa shape index (κ1) is 23.4. The van der Waals surface area contributed by atoms with Gasteiger partial charge in [-0.05, 0) is 61.9 Å². The predicted octanol–water partition coefficient (Wildman–Crippen LogP) is 3.57. The summed E-state index contributed by atoms with van der Waals surface area (Å²) in [6.45, 7) is 3.58. The third kappa shape index (κ3) is 5.30. The van der Waals surface area contributed by atoms with Crippen LogP contribution in [0.25, 0.3) is 0 Å². The van der Waals surface area contributed by atoms with Gasteiger partial charge < -0.3 is 19.2 Å². The number of sulfonamides is 1. The van der Waals surface area contributed by atoms with Gasteiger partial charge in [0, 0.05) is 11.1 Å². The lowest BCUT2D eigenvalue weighted by atomic mass is 10.0. The molecule has 0 fully saturated rings. The van der Waals surface area contributed by atoms with Crippen LogP contribution in [0.4, 0.5) is 0 Å². The zero-order valence-corrected chi connectivity index (χ0v) is 19.2. The van der Waals surface area contributed by atoms with Gasteiger partial charge in [-0.1, -0.05) is 6.07 Å². The van der Waals surface area contributed by atoms with Crippen molar-refractivity contribution in [2.75, 3.05) is 14.2 Å². The number of methoxy groups -OCH3 is 2. The van der Waals surface area contributed by atoms with Crippen molar-refractivity contribution in [1.29, 1.82) is 0 Å². The number of hydrogen-bond acceptors (Lipinski definition) is 6. The van der Waals surface area contributed by atoms with Crippen LogP contribution in [0.1, 0.15) is 40.2 Å². The quantitative estimate of drug-likeness (QED) is 0.508. The molecule has 1 heterocycles. The molecule has 32 heavy (non-hydrogen) atoms. The molecule has 3 rings (SSSR count). The number of aryl methyl sites for hydroxylation is 1. The van der Waals surface area contributed by atoms with Gasteiger partial charge in [0.1, 0.15) is 17.3 Å². The molecule has 0 aliphatic rings. The van der Waals surface area contributed by atoms with Crippen LogP contribution in [0.5, 0.6) is 11.5 Å². The van der Waals surface area contributed by atoms with Gasteiger partial charge in [0.15, 0.2) is 0 Å². The third-order valence-corrected chi connectivity index (χ3v) is 6.43. The number of carbonyl (C=O) groups is 1. The van der Waals surface area contributed by atoms with Crippen molar-refractivity contribution in [3.8, 4) is 11.5 Å². The van der Waals surface area contributed by atoms with E-state index in [2.05, 4.69) is 10.0 Å². The number of amides is 1. The lowest BCUT2D eigenvalue weighted by molar-refractivity contribution is 0.0938. The molecular formula is C23H26N2O6S. The second-order valence-corrected chi connectivity index (χ2v) is 8.95. The summed E-state index contributed by atoms with van der Waals surface area (Å²) >= 11 is 0. The minimum Gasteiger partial charge on any atom is -0.497 e. The van der Waals surface area contributed by atoms with Crippen molar-refractivity contribution in [3.05, 3.63) is 77.2 Å². The number of benzene rings is 2. The van der Waals surface area contributed by atoms with Gasteiger partial charge in [-0.25, -0.2) is 13.1 Å². The van der Waals surface area contributed by atoms with Gasteiger partial charge in [0.05, 0.1) is 38.0 Å². The van der Waals surface area contributed by atoms with Crippen LogP contribution < -0.4 is 19.5 Å². The first-order valence-electron chi connectivity index (χ1n) is 9.90. The monoisotopic (exact) mass is 458 g/mol. The van der Waals surface area contributed by atoms with Crippen molar-refractivity contribution in [1.82, 2.24) is 10.0 Å². The minimum atomic E-state index is -3.84. The van der Waals surface area contributed by atoms with Gasteiger partial charge in [-0.3, -0.25) is 4.79 Å². The molecule has 0 saturated carbocycles. The van der Waals surface area contributed by atoms with Crippen molar-refractivity contribution in [2.45, 2.75) is 31.3 Å². The fourth-order valence-electron chi connectivity index (χ4n) is 3.21. The number of ether oxygens (including phenoxy) is 2. The molecule has 2 N–H and O–H groups in total. The number of hydrogen-bond donors (Lipinski definition) is 2. The molecule has 170 valence electrons. The summed E-state index contributed by atoms with van der Waals surface area (Å²) in [6.07, 6.45) is 1.47. The molecule has 0 radical (unpaired) electrons. The molecule has 1 atom stereocenters. The molecular weight excluding hydrogens is 432 g/mol. The average molecular weight is 459 g/mol. The lowest BCUT2D eigenvalue weighted by Crippen LogP contribution is -2.28. The molecule has 0 bridgehead atoms. The Kier molecular flexibility index (Phi) is 7.22. The van der Waals surface area contributed by atoms with E-state index in [0.29, 0.717) is 22.8 Å². The summed E-state index contributed by atoms with van der Waals surface area (Å²) in [7, 11) is -0.727. The summed E-state index contributed by atoms with van der Waals surface area (Å²) in [5.74, 6) is 1.32. The normalized spacial score (nSPS) is 12.2. The standard InChI is InChI=1S/C23H26N2O6S/c1-15-7-9-19(32(27,28)24-14-18-6-5-11-31-18)13-20(15)23(26)25-16(2)21-12-17(29-3)8-10-22(21)30-4/h5-13,16,24H,14H2,1-4H3,(H,25,26). The van der Waals surface area contributed by atoms with E-state index < -0.39 is 22.0 Å². The SMILES string of the molecule is COc1ccc(OC)c(C(C)NC(=O)c2cc(S(=O)(=O)NCc3ccco3)ccc2C)c1. The van der Waals surface area contributed by atoms with Crippen LogP contribution in [0.15, 0.2) is 64.1 Å². The molecule has 1 unspecified atom stereocenters. The highest BCUT2D eigenvalue weighted by Crippen LogP contribution is 2.29. The molecule has 8 nitrogen and oxygen atoms in total. The van der Waals surface area contributed by atoms with Crippen LogP contribution in [0.3, 0.4) is 0 Å². The Labute approximate surface area is 187 Å². The topological polar surface area (TPSA) is 107 Å². The Balaban J connectivity index is 1.81. The fraction of sp³-hybridized carbons (Fsp3) is 0.261. The van der Waals surface area contributed by atoms with E-state index in [1.807, 2.05) is 6.92 Å².